The van der Waals surface area contributed by atoms with Crippen LogP contribution >= 0.6 is 0 Å². The van der Waals surface area contributed by atoms with Gasteiger partial charge in [0.15, 0.2) is 0 Å². The van der Waals surface area contributed by atoms with Crippen LogP contribution in [0.2, 0.25) is 0 Å². The monoisotopic (exact) mass is 354 g/mol. The summed E-state index contributed by atoms with van der Waals surface area (Å²) in [6.45, 7) is 7.92. The predicted molar refractivity (Wildman–Crippen MR) is 97.2 cm³/mol. The van der Waals surface area contributed by atoms with Crippen LogP contribution in [0.5, 0.6) is 0 Å². The highest BCUT2D eigenvalue weighted by Gasteiger charge is 2.41. The van der Waals surface area contributed by atoms with Gasteiger partial charge in [0.1, 0.15) is 0 Å². The van der Waals surface area contributed by atoms with Crippen LogP contribution in [0.25, 0.3) is 0 Å². The lowest BCUT2D eigenvalue weighted by Gasteiger charge is -2.45. The molecule has 0 atom stereocenters. The number of piperidine rings is 2. The Bertz CT molecular complexity index is 453. The van der Waals surface area contributed by atoms with Gasteiger partial charge in [0, 0.05) is 38.9 Å². The maximum absolute atomic E-state index is 12.1. The SMILES string of the molecule is COCCC1(C(N)=O)CCN(C2CCN(C(=O)NC(C)C)CC2)CC1. The molecule has 0 aliphatic carbocycles. The number of likely N-dealkylation sites (tertiary alicyclic amines) is 2. The summed E-state index contributed by atoms with van der Waals surface area (Å²) in [5, 5.41) is 2.96. The molecule has 2 heterocycles. The maximum atomic E-state index is 12.1. The number of amides is 3. The van der Waals surface area contributed by atoms with Gasteiger partial charge in [-0.1, -0.05) is 0 Å². The number of primary amides is 1. The van der Waals surface area contributed by atoms with E-state index in [-0.39, 0.29) is 18.0 Å². The quantitative estimate of drug-likeness (QED) is 0.749. The highest BCUT2D eigenvalue weighted by atomic mass is 16.5. The summed E-state index contributed by atoms with van der Waals surface area (Å²) in [6, 6.07) is 0.706. The topological polar surface area (TPSA) is 87.9 Å². The molecular weight excluding hydrogens is 320 g/mol. The predicted octanol–water partition coefficient (Wildman–Crippen LogP) is 1.17. The lowest BCUT2D eigenvalue weighted by molar-refractivity contribution is -0.132. The molecule has 2 aliphatic heterocycles. The van der Waals surface area contributed by atoms with Gasteiger partial charge in [0.2, 0.25) is 5.91 Å². The minimum Gasteiger partial charge on any atom is -0.385 e. The zero-order valence-electron chi connectivity index (χ0n) is 15.9. The Morgan fingerprint density at radius 3 is 2.28 bits per heavy atom. The van der Waals surface area contributed by atoms with Gasteiger partial charge >= 0.3 is 6.03 Å². The number of rotatable bonds is 6. The second-order valence-corrected chi connectivity index (χ2v) is 7.75. The van der Waals surface area contributed by atoms with Crippen LogP contribution in [0.1, 0.15) is 46.0 Å². The van der Waals surface area contributed by atoms with Crippen molar-refractivity contribution in [3.05, 3.63) is 0 Å². The molecule has 0 unspecified atom stereocenters. The second kappa shape index (κ2) is 8.85. The molecule has 0 radical (unpaired) electrons. The average Bonchev–Trinajstić information content (AvgIpc) is 2.60. The molecule has 25 heavy (non-hydrogen) atoms. The molecule has 144 valence electrons. The number of nitrogens with two attached hydrogens (primary N) is 1. The van der Waals surface area contributed by atoms with Gasteiger partial charge in [0.25, 0.3) is 0 Å². The summed E-state index contributed by atoms with van der Waals surface area (Å²) < 4.78 is 5.16. The number of carbonyl (C=O) groups excluding carboxylic acids is 2. The number of nitrogens with zero attached hydrogens (tertiary/aromatic N) is 2. The normalized spacial score (nSPS) is 22.2. The smallest absolute Gasteiger partial charge is 0.317 e. The van der Waals surface area contributed by atoms with E-state index in [4.69, 9.17) is 10.5 Å². The Morgan fingerprint density at radius 1 is 1.20 bits per heavy atom. The lowest BCUT2D eigenvalue weighted by atomic mass is 9.74. The molecule has 2 saturated heterocycles. The number of methoxy groups -OCH3 is 1. The summed E-state index contributed by atoms with van der Waals surface area (Å²) in [6.07, 6.45) is 4.31. The minimum absolute atomic E-state index is 0.0411. The first-order valence-corrected chi connectivity index (χ1v) is 9.46. The van der Waals surface area contributed by atoms with E-state index in [9.17, 15) is 9.59 Å². The molecule has 3 N–H and O–H groups in total. The Morgan fingerprint density at radius 2 is 1.80 bits per heavy atom. The molecular formula is C18H34N4O3. The third-order valence-electron chi connectivity index (χ3n) is 5.74. The number of urea groups is 1. The van der Waals surface area contributed by atoms with Gasteiger partial charge < -0.3 is 25.6 Å². The molecule has 7 heteroatoms. The van der Waals surface area contributed by atoms with E-state index >= 15 is 0 Å². The number of carbonyl (C=O) groups is 2. The molecule has 0 aromatic carbocycles. The number of hydrogen-bond acceptors (Lipinski definition) is 4. The van der Waals surface area contributed by atoms with Gasteiger partial charge in [-0.2, -0.15) is 0 Å². The molecule has 0 aromatic rings. The van der Waals surface area contributed by atoms with Crippen molar-refractivity contribution in [2.75, 3.05) is 39.9 Å². The first-order valence-electron chi connectivity index (χ1n) is 9.46. The van der Waals surface area contributed by atoms with Crippen LogP contribution in [0.3, 0.4) is 0 Å². The fraction of sp³-hybridized carbons (Fsp3) is 0.889. The molecule has 3 amide bonds. The molecule has 2 fully saturated rings. The summed E-state index contributed by atoms with van der Waals surface area (Å²) >= 11 is 0. The Kier molecular flexibility index (Phi) is 7.07. The van der Waals surface area contributed by atoms with E-state index in [1.54, 1.807) is 7.11 Å². The molecule has 2 aliphatic rings. The van der Waals surface area contributed by atoms with Gasteiger partial charge in [0.05, 0.1) is 5.41 Å². The molecule has 0 bridgehead atoms. The lowest BCUT2D eigenvalue weighted by Crippen LogP contribution is -2.54. The van der Waals surface area contributed by atoms with Gasteiger partial charge in [-0.15, -0.1) is 0 Å². The van der Waals surface area contributed by atoms with Crippen molar-refractivity contribution in [3.8, 4) is 0 Å². The van der Waals surface area contributed by atoms with Crippen LogP contribution < -0.4 is 11.1 Å². The van der Waals surface area contributed by atoms with E-state index in [0.29, 0.717) is 19.1 Å². The van der Waals surface area contributed by atoms with Crippen molar-refractivity contribution in [2.24, 2.45) is 11.1 Å². The van der Waals surface area contributed by atoms with Crippen LogP contribution in [0, 0.1) is 5.41 Å². The van der Waals surface area contributed by atoms with Crippen LogP contribution in [0.4, 0.5) is 4.79 Å². The highest BCUT2D eigenvalue weighted by Crippen LogP contribution is 2.36. The third-order valence-corrected chi connectivity index (χ3v) is 5.74. The standard InChI is InChI=1S/C18H34N4O3/c1-14(2)20-17(24)22-9-4-15(5-10-22)21-11-6-18(7-12-21,16(19)23)8-13-25-3/h14-15H,4-13H2,1-3H3,(H2,19,23)(H,20,24). The van der Waals surface area contributed by atoms with E-state index in [1.165, 1.54) is 0 Å². The Hall–Kier alpha value is -1.34. The van der Waals surface area contributed by atoms with Crippen LogP contribution in [0.15, 0.2) is 0 Å². The van der Waals surface area contributed by atoms with E-state index < -0.39 is 5.41 Å². The zero-order valence-corrected chi connectivity index (χ0v) is 15.9. The molecule has 2 rings (SSSR count). The first kappa shape index (κ1) is 20.0. The van der Waals surface area contributed by atoms with E-state index in [2.05, 4.69) is 10.2 Å². The fourth-order valence-electron chi connectivity index (χ4n) is 4.01. The molecule has 0 saturated carbocycles. The summed E-state index contributed by atoms with van der Waals surface area (Å²) in [4.78, 5) is 28.4. The molecule has 7 nitrogen and oxygen atoms in total. The van der Waals surface area contributed by atoms with E-state index in [0.717, 1.165) is 51.9 Å². The van der Waals surface area contributed by atoms with Crippen molar-refractivity contribution < 1.29 is 14.3 Å². The number of hydrogen-bond donors (Lipinski definition) is 2. The van der Waals surface area contributed by atoms with Crippen LogP contribution in [-0.4, -0.2) is 73.7 Å². The third kappa shape index (κ3) is 5.07. The largest absolute Gasteiger partial charge is 0.385 e. The number of nitrogens with one attached hydrogen (secondary N) is 1. The Balaban J connectivity index is 1.82. The summed E-state index contributed by atoms with van der Waals surface area (Å²) in [5.74, 6) is -0.190. The second-order valence-electron chi connectivity index (χ2n) is 7.75. The highest BCUT2D eigenvalue weighted by molar-refractivity contribution is 5.81. The molecule has 0 aromatic heterocycles. The first-order chi connectivity index (χ1) is 11.9. The van der Waals surface area contributed by atoms with Crippen molar-refractivity contribution in [1.29, 1.82) is 0 Å². The number of ether oxygens (including phenoxy) is 1. The van der Waals surface area contributed by atoms with Crippen molar-refractivity contribution in [1.82, 2.24) is 15.1 Å². The summed E-state index contributed by atoms with van der Waals surface area (Å²) in [5.41, 5.74) is 5.28. The van der Waals surface area contributed by atoms with Crippen molar-refractivity contribution in [3.63, 3.8) is 0 Å². The van der Waals surface area contributed by atoms with Crippen LogP contribution in [-0.2, 0) is 9.53 Å². The van der Waals surface area contributed by atoms with Crippen molar-refractivity contribution in [2.45, 2.75) is 58.0 Å². The van der Waals surface area contributed by atoms with Gasteiger partial charge in [-0.3, -0.25) is 4.79 Å². The molecule has 0 spiro atoms. The average molecular weight is 354 g/mol. The van der Waals surface area contributed by atoms with Gasteiger partial charge in [-0.05, 0) is 59.0 Å². The maximum Gasteiger partial charge on any atom is 0.317 e. The fourth-order valence-corrected chi connectivity index (χ4v) is 4.01. The zero-order chi connectivity index (χ0) is 18.4. The minimum atomic E-state index is -0.412. The Labute approximate surface area is 151 Å². The summed E-state index contributed by atoms with van der Waals surface area (Å²) in [7, 11) is 1.66. The van der Waals surface area contributed by atoms with E-state index in [1.807, 2.05) is 18.7 Å². The van der Waals surface area contributed by atoms with Gasteiger partial charge in [-0.25, -0.2) is 4.79 Å². The van der Waals surface area contributed by atoms with Crippen molar-refractivity contribution >= 4 is 11.9 Å².